The lowest BCUT2D eigenvalue weighted by Crippen LogP contribution is -2.11. The zero-order chi connectivity index (χ0) is 15.0. The van der Waals surface area contributed by atoms with E-state index in [1.54, 1.807) is 10.6 Å². The van der Waals surface area contributed by atoms with Crippen LogP contribution in [0.4, 0.5) is 0 Å². The molecule has 0 aliphatic carbocycles. The van der Waals surface area contributed by atoms with Crippen molar-refractivity contribution in [1.29, 1.82) is 0 Å². The number of hydrogen-bond acceptors (Lipinski definition) is 3. The molecule has 0 bridgehead atoms. The van der Waals surface area contributed by atoms with Crippen LogP contribution in [0.2, 0.25) is 0 Å². The van der Waals surface area contributed by atoms with E-state index in [0.717, 1.165) is 16.6 Å². The number of benzene rings is 2. The summed E-state index contributed by atoms with van der Waals surface area (Å²) in [6.07, 6.45) is -0.731. The lowest BCUT2D eigenvalue weighted by atomic mass is 10.0. The summed E-state index contributed by atoms with van der Waals surface area (Å²) in [6, 6.07) is 13.1. The average molecular weight is 283 g/mol. The number of rotatable bonds is 3. The molecule has 1 heterocycles. The molecule has 0 radical (unpaired) electrons. The Bertz CT molecular complexity index is 827. The Morgan fingerprint density at radius 3 is 2.48 bits per heavy atom. The third-order valence-corrected chi connectivity index (χ3v) is 3.72. The van der Waals surface area contributed by atoms with Crippen molar-refractivity contribution >= 4 is 11.1 Å². The number of hydrogen-bond donors (Lipinski definition) is 1. The fourth-order valence-electron chi connectivity index (χ4n) is 2.49. The number of nitrogens with zero attached hydrogens (tertiary/aromatic N) is 1. The maximum Gasteiger partial charge on any atom is 0.419 e. The van der Waals surface area contributed by atoms with E-state index in [9.17, 15) is 9.90 Å². The van der Waals surface area contributed by atoms with E-state index in [-0.39, 0.29) is 5.76 Å². The third-order valence-electron chi connectivity index (χ3n) is 3.72. The third kappa shape index (κ3) is 2.38. The van der Waals surface area contributed by atoms with E-state index in [0.29, 0.717) is 17.7 Å². The molecule has 108 valence electrons. The van der Waals surface area contributed by atoms with Gasteiger partial charge in [0.25, 0.3) is 0 Å². The van der Waals surface area contributed by atoms with Gasteiger partial charge in [0.2, 0.25) is 0 Å². The lowest BCUT2D eigenvalue weighted by molar-refractivity contribution is 0.220. The normalized spacial score (nSPS) is 12.7. The summed E-state index contributed by atoms with van der Waals surface area (Å²) < 4.78 is 6.80. The van der Waals surface area contributed by atoms with Crippen molar-refractivity contribution in [2.75, 3.05) is 0 Å². The molecular weight excluding hydrogens is 266 g/mol. The Labute approximate surface area is 122 Å². The van der Waals surface area contributed by atoms with Crippen molar-refractivity contribution in [2.24, 2.45) is 0 Å². The number of aliphatic hydroxyl groups excluding tert-OH is 1. The lowest BCUT2D eigenvalue weighted by Gasteiger charge is -2.11. The highest BCUT2D eigenvalue weighted by Gasteiger charge is 2.14. The maximum atomic E-state index is 11.7. The van der Waals surface area contributed by atoms with Crippen LogP contribution in [0.5, 0.6) is 0 Å². The highest BCUT2D eigenvalue weighted by atomic mass is 16.4. The highest BCUT2D eigenvalue weighted by molar-refractivity contribution is 5.74. The predicted molar refractivity (Wildman–Crippen MR) is 81.4 cm³/mol. The van der Waals surface area contributed by atoms with Gasteiger partial charge in [-0.3, -0.25) is 4.57 Å². The highest BCUT2D eigenvalue weighted by Crippen LogP contribution is 2.25. The number of aryl methyl sites for hydroxylation is 2. The molecule has 0 fully saturated rings. The summed E-state index contributed by atoms with van der Waals surface area (Å²) in [7, 11) is 0. The molecule has 0 aliphatic heterocycles. The minimum absolute atomic E-state index is 0.366. The Morgan fingerprint density at radius 2 is 1.81 bits per heavy atom. The van der Waals surface area contributed by atoms with Gasteiger partial charge in [-0.1, -0.05) is 35.9 Å². The number of fused-ring (bicyclic) bond motifs is 1. The van der Waals surface area contributed by atoms with E-state index >= 15 is 0 Å². The second-order valence-electron chi connectivity index (χ2n) is 5.15. The molecular formula is C17H17NO3. The molecule has 0 spiro atoms. The van der Waals surface area contributed by atoms with E-state index in [1.165, 1.54) is 0 Å². The first kappa shape index (κ1) is 13.6. The summed E-state index contributed by atoms with van der Waals surface area (Å²) in [5.41, 5.74) is 3.93. The number of oxazole rings is 1. The van der Waals surface area contributed by atoms with Gasteiger partial charge in [0.1, 0.15) is 6.10 Å². The van der Waals surface area contributed by atoms with Crippen LogP contribution in [-0.2, 0) is 6.54 Å². The van der Waals surface area contributed by atoms with E-state index < -0.39 is 6.10 Å². The zero-order valence-corrected chi connectivity index (χ0v) is 12.0. The van der Waals surface area contributed by atoms with Gasteiger partial charge in [-0.15, -0.1) is 0 Å². The van der Waals surface area contributed by atoms with Crippen LogP contribution in [0.3, 0.4) is 0 Å². The molecule has 0 saturated heterocycles. The van der Waals surface area contributed by atoms with Gasteiger partial charge in [0, 0.05) is 6.54 Å². The average Bonchev–Trinajstić information content (AvgIpc) is 2.81. The molecule has 0 saturated carbocycles. The van der Waals surface area contributed by atoms with Crippen LogP contribution in [0, 0.1) is 6.92 Å². The largest absolute Gasteiger partial charge is 0.419 e. The van der Waals surface area contributed by atoms with Gasteiger partial charge in [-0.05, 0) is 37.1 Å². The van der Waals surface area contributed by atoms with Crippen LogP contribution in [-0.4, -0.2) is 9.67 Å². The summed E-state index contributed by atoms with van der Waals surface area (Å²) in [4.78, 5) is 11.7. The Hall–Kier alpha value is -2.33. The molecule has 0 amide bonds. The first-order valence-corrected chi connectivity index (χ1v) is 6.98. The van der Waals surface area contributed by atoms with Gasteiger partial charge in [0.15, 0.2) is 5.58 Å². The molecule has 1 atom stereocenters. The minimum atomic E-state index is -0.731. The van der Waals surface area contributed by atoms with E-state index in [4.69, 9.17) is 4.42 Å². The van der Waals surface area contributed by atoms with Crippen LogP contribution in [0.1, 0.15) is 29.7 Å². The quantitative estimate of drug-likeness (QED) is 0.804. The fraction of sp³-hybridized carbons (Fsp3) is 0.235. The molecule has 0 aliphatic rings. The number of aliphatic hydroxyl groups is 1. The molecule has 1 unspecified atom stereocenters. The van der Waals surface area contributed by atoms with Crippen molar-refractivity contribution in [2.45, 2.75) is 26.5 Å². The van der Waals surface area contributed by atoms with Gasteiger partial charge in [-0.2, -0.15) is 0 Å². The second-order valence-corrected chi connectivity index (χ2v) is 5.15. The standard InChI is InChI=1S/C17H17NO3/c1-3-18-14-9-8-13(10-15(14)21-17(18)20)16(19)12-6-4-11(2)5-7-12/h4-10,16,19H,3H2,1-2H3. The molecule has 3 aromatic rings. The van der Waals surface area contributed by atoms with Crippen molar-refractivity contribution in [1.82, 2.24) is 4.57 Å². The van der Waals surface area contributed by atoms with Crippen LogP contribution < -0.4 is 5.76 Å². The summed E-state index contributed by atoms with van der Waals surface area (Å²) in [5.74, 6) is -0.366. The molecule has 1 aromatic heterocycles. The Morgan fingerprint density at radius 1 is 1.14 bits per heavy atom. The van der Waals surface area contributed by atoms with Crippen LogP contribution >= 0.6 is 0 Å². The maximum absolute atomic E-state index is 11.7. The van der Waals surface area contributed by atoms with Crippen molar-refractivity contribution in [3.8, 4) is 0 Å². The van der Waals surface area contributed by atoms with E-state index in [1.807, 2.05) is 50.2 Å². The molecule has 1 N–H and O–H groups in total. The van der Waals surface area contributed by atoms with Gasteiger partial charge < -0.3 is 9.52 Å². The van der Waals surface area contributed by atoms with Crippen LogP contribution in [0.15, 0.2) is 51.7 Å². The second kappa shape index (κ2) is 5.22. The van der Waals surface area contributed by atoms with Gasteiger partial charge in [-0.25, -0.2) is 4.79 Å². The van der Waals surface area contributed by atoms with Gasteiger partial charge in [0.05, 0.1) is 5.52 Å². The fourth-order valence-corrected chi connectivity index (χ4v) is 2.49. The molecule has 4 nitrogen and oxygen atoms in total. The first-order valence-electron chi connectivity index (χ1n) is 6.98. The smallest absolute Gasteiger partial charge is 0.408 e. The zero-order valence-electron chi connectivity index (χ0n) is 12.0. The topological polar surface area (TPSA) is 55.4 Å². The molecule has 21 heavy (non-hydrogen) atoms. The summed E-state index contributed by atoms with van der Waals surface area (Å²) in [6.45, 7) is 4.46. The van der Waals surface area contributed by atoms with Gasteiger partial charge >= 0.3 is 5.76 Å². The van der Waals surface area contributed by atoms with Crippen molar-refractivity contribution in [3.63, 3.8) is 0 Å². The SMILES string of the molecule is CCn1c(=O)oc2cc(C(O)c3ccc(C)cc3)ccc21. The van der Waals surface area contributed by atoms with Crippen molar-refractivity contribution in [3.05, 3.63) is 69.7 Å². The molecule has 2 aromatic carbocycles. The Kier molecular flexibility index (Phi) is 3.39. The molecule has 4 heteroatoms. The summed E-state index contributed by atoms with van der Waals surface area (Å²) >= 11 is 0. The first-order chi connectivity index (χ1) is 10.1. The van der Waals surface area contributed by atoms with Crippen LogP contribution in [0.25, 0.3) is 11.1 Å². The Balaban J connectivity index is 2.04. The molecule has 3 rings (SSSR count). The summed E-state index contributed by atoms with van der Waals surface area (Å²) in [5, 5.41) is 10.4. The monoisotopic (exact) mass is 283 g/mol. The van der Waals surface area contributed by atoms with E-state index in [2.05, 4.69) is 0 Å². The predicted octanol–water partition coefficient (Wildman–Crippen LogP) is 3.00. The number of aromatic nitrogens is 1. The van der Waals surface area contributed by atoms with Crippen molar-refractivity contribution < 1.29 is 9.52 Å². The minimum Gasteiger partial charge on any atom is -0.408 e.